The Morgan fingerprint density at radius 2 is 2.00 bits per heavy atom. The highest BCUT2D eigenvalue weighted by atomic mass is 16.3. The van der Waals surface area contributed by atoms with Crippen molar-refractivity contribution in [3.63, 3.8) is 0 Å². The number of rotatable bonds is 5. The molecule has 14 heavy (non-hydrogen) atoms. The van der Waals surface area contributed by atoms with Crippen LogP contribution in [0.3, 0.4) is 0 Å². The molecular formula is C10H22N2O2. The van der Waals surface area contributed by atoms with Crippen molar-refractivity contribution in [2.24, 2.45) is 5.73 Å². The predicted octanol–water partition coefficient (Wildman–Crippen LogP) is 0.343. The highest BCUT2D eigenvalue weighted by Crippen LogP contribution is 2.13. The van der Waals surface area contributed by atoms with E-state index < -0.39 is 6.10 Å². The van der Waals surface area contributed by atoms with Gasteiger partial charge < -0.3 is 10.8 Å². The number of carbonyl (C=O) groups is 1. The lowest BCUT2D eigenvalue weighted by Crippen LogP contribution is -2.49. The van der Waals surface area contributed by atoms with Crippen LogP contribution in [0.4, 0.5) is 0 Å². The lowest BCUT2D eigenvalue weighted by atomic mass is 10.0. The van der Waals surface area contributed by atoms with Crippen LogP contribution < -0.4 is 5.73 Å². The van der Waals surface area contributed by atoms with E-state index in [0.717, 1.165) is 0 Å². The normalized spacial score (nSPS) is 14.4. The Bertz CT molecular complexity index is 187. The first-order chi connectivity index (χ1) is 6.27. The fourth-order valence-electron chi connectivity index (χ4n) is 1.15. The van der Waals surface area contributed by atoms with E-state index >= 15 is 0 Å². The summed E-state index contributed by atoms with van der Waals surface area (Å²) in [6, 6.07) is 0. The van der Waals surface area contributed by atoms with E-state index in [1.807, 2.05) is 32.6 Å². The average molecular weight is 202 g/mol. The predicted molar refractivity (Wildman–Crippen MR) is 56.8 cm³/mol. The molecule has 0 aromatic carbocycles. The summed E-state index contributed by atoms with van der Waals surface area (Å²) in [6.45, 7) is 8.59. The first-order valence-corrected chi connectivity index (χ1v) is 4.98. The lowest BCUT2D eigenvalue weighted by Gasteiger charge is -2.35. The number of aliphatic hydroxyl groups is 1. The Kier molecular flexibility index (Phi) is 5.08. The number of β-amino-alcohol motifs (C(OH)–C–C–N with tert-alkyl or cyclic N) is 1. The summed E-state index contributed by atoms with van der Waals surface area (Å²) in [5.74, 6) is -0.358. The number of nitrogens with zero attached hydrogens (tertiary/aromatic N) is 1. The molecule has 0 aliphatic rings. The van der Waals surface area contributed by atoms with Crippen LogP contribution in [0.2, 0.25) is 0 Å². The third-order valence-corrected chi connectivity index (χ3v) is 2.20. The molecule has 3 N–H and O–H groups in total. The summed E-state index contributed by atoms with van der Waals surface area (Å²) < 4.78 is 0. The van der Waals surface area contributed by atoms with Gasteiger partial charge in [0.15, 0.2) is 0 Å². The van der Waals surface area contributed by atoms with Crippen LogP contribution in [0.15, 0.2) is 0 Å². The fraction of sp³-hybridized carbons (Fsp3) is 0.900. The maximum absolute atomic E-state index is 10.8. The third-order valence-electron chi connectivity index (χ3n) is 2.20. The topological polar surface area (TPSA) is 66.6 Å². The quantitative estimate of drug-likeness (QED) is 0.675. The SMILES string of the molecule is CC[C@@H](O)CN(CC(N)=O)C(C)(C)C. The van der Waals surface area contributed by atoms with Gasteiger partial charge in [0.2, 0.25) is 5.91 Å². The number of carbonyl (C=O) groups excluding carboxylic acids is 1. The molecule has 0 fully saturated rings. The van der Waals surface area contributed by atoms with E-state index in [9.17, 15) is 9.90 Å². The van der Waals surface area contributed by atoms with Crippen LogP contribution in [0.25, 0.3) is 0 Å². The number of amides is 1. The Balaban J connectivity index is 4.33. The molecule has 0 unspecified atom stereocenters. The Morgan fingerprint density at radius 1 is 1.50 bits per heavy atom. The van der Waals surface area contributed by atoms with E-state index in [1.165, 1.54) is 0 Å². The van der Waals surface area contributed by atoms with Gasteiger partial charge in [0.1, 0.15) is 0 Å². The largest absolute Gasteiger partial charge is 0.392 e. The molecule has 0 saturated carbocycles. The zero-order chi connectivity index (χ0) is 11.4. The molecule has 0 heterocycles. The molecule has 84 valence electrons. The fourth-order valence-corrected chi connectivity index (χ4v) is 1.15. The lowest BCUT2D eigenvalue weighted by molar-refractivity contribution is -0.120. The number of hydrogen-bond acceptors (Lipinski definition) is 3. The summed E-state index contributed by atoms with van der Waals surface area (Å²) in [7, 11) is 0. The molecule has 0 rings (SSSR count). The second-order valence-corrected chi connectivity index (χ2v) is 4.58. The van der Waals surface area contributed by atoms with Gasteiger partial charge in [0, 0.05) is 12.1 Å². The first-order valence-electron chi connectivity index (χ1n) is 4.98. The maximum atomic E-state index is 10.8. The monoisotopic (exact) mass is 202 g/mol. The summed E-state index contributed by atoms with van der Waals surface area (Å²) in [4.78, 5) is 12.7. The van der Waals surface area contributed by atoms with Crippen LogP contribution in [0, 0.1) is 0 Å². The van der Waals surface area contributed by atoms with Crippen molar-refractivity contribution in [3.05, 3.63) is 0 Å². The van der Waals surface area contributed by atoms with Gasteiger partial charge in [0.25, 0.3) is 0 Å². The zero-order valence-electron chi connectivity index (χ0n) is 9.58. The molecule has 0 aliphatic carbocycles. The molecule has 0 aromatic heterocycles. The molecular weight excluding hydrogens is 180 g/mol. The van der Waals surface area contributed by atoms with Crippen LogP contribution >= 0.6 is 0 Å². The number of primary amides is 1. The second-order valence-electron chi connectivity index (χ2n) is 4.58. The minimum Gasteiger partial charge on any atom is -0.392 e. The first kappa shape index (κ1) is 13.4. The second kappa shape index (κ2) is 5.32. The number of hydrogen-bond donors (Lipinski definition) is 2. The van der Waals surface area contributed by atoms with E-state index in [1.54, 1.807) is 0 Å². The third kappa shape index (κ3) is 5.19. The molecule has 0 radical (unpaired) electrons. The van der Waals surface area contributed by atoms with Crippen LogP contribution in [0.5, 0.6) is 0 Å². The smallest absolute Gasteiger partial charge is 0.231 e. The Hall–Kier alpha value is -0.610. The Morgan fingerprint density at radius 3 is 2.29 bits per heavy atom. The van der Waals surface area contributed by atoms with Crippen LogP contribution in [-0.2, 0) is 4.79 Å². The van der Waals surface area contributed by atoms with Gasteiger partial charge in [-0.25, -0.2) is 0 Å². The number of nitrogens with two attached hydrogens (primary N) is 1. The molecule has 4 heteroatoms. The molecule has 0 aromatic rings. The average Bonchev–Trinajstić information content (AvgIpc) is 2.00. The highest BCUT2D eigenvalue weighted by Gasteiger charge is 2.24. The van der Waals surface area contributed by atoms with E-state index in [2.05, 4.69) is 0 Å². The van der Waals surface area contributed by atoms with Gasteiger partial charge in [-0.1, -0.05) is 6.92 Å². The molecule has 0 bridgehead atoms. The van der Waals surface area contributed by atoms with Crippen LogP contribution in [0.1, 0.15) is 34.1 Å². The maximum Gasteiger partial charge on any atom is 0.231 e. The number of aliphatic hydroxyl groups excluding tert-OH is 1. The minimum absolute atomic E-state index is 0.148. The Labute approximate surface area is 86.1 Å². The summed E-state index contributed by atoms with van der Waals surface area (Å²) in [5, 5.41) is 9.51. The van der Waals surface area contributed by atoms with Crippen molar-refractivity contribution in [1.29, 1.82) is 0 Å². The molecule has 0 spiro atoms. The van der Waals surface area contributed by atoms with Gasteiger partial charge >= 0.3 is 0 Å². The van der Waals surface area contributed by atoms with Crippen molar-refractivity contribution < 1.29 is 9.90 Å². The summed E-state index contributed by atoms with van der Waals surface area (Å²) in [5.41, 5.74) is 5.00. The van der Waals surface area contributed by atoms with E-state index in [-0.39, 0.29) is 18.0 Å². The summed E-state index contributed by atoms with van der Waals surface area (Å²) >= 11 is 0. The molecule has 4 nitrogen and oxygen atoms in total. The molecule has 1 amide bonds. The van der Waals surface area contributed by atoms with E-state index in [4.69, 9.17) is 5.73 Å². The zero-order valence-corrected chi connectivity index (χ0v) is 9.58. The van der Waals surface area contributed by atoms with Gasteiger partial charge in [-0.15, -0.1) is 0 Å². The van der Waals surface area contributed by atoms with Crippen molar-refractivity contribution >= 4 is 5.91 Å². The van der Waals surface area contributed by atoms with Crippen molar-refractivity contribution in [2.75, 3.05) is 13.1 Å². The molecule has 1 atom stereocenters. The van der Waals surface area contributed by atoms with Crippen molar-refractivity contribution in [3.8, 4) is 0 Å². The van der Waals surface area contributed by atoms with Crippen molar-refractivity contribution in [2.45, 2.75) is 45.8 Å². The van der Waals surface area contributed by atoms with Gasteiger partial charge in [-0.2, -0.15) is 0 Å². The van der Waals surface area contributed by atoms with Gasteiger partial charge in [-0.05, 0) is 27.2 Å². The molecule has 0 saturated heterocycles. The van der Waals surface area contributed by atoms with E-state index in [0.29, 0.717) is 13.0 Å². The highest BCUT2D eigenvalue weighted by molar-refractivity contribution is 5.76. The minimum atomic E-state index is -0.395. The van der Waals surface area contributed by atoms with Gasteiger partial charge in [0.05, 0.1) is 12.6 Å². The standard InChI is InChI=1S/C10H22N2O2/c1-5-8(13)6-12(7-9(11)14)10(2,3)4/h8,13H,5-7H2,1-4H3,(H2,11,14)/t8-/m1/s1. The van der Waals surface area contributed by atoms with Gasteiger partial charge in [-0.3, -0.25) is 9.69 Å². The molecule has 0 aliphatic heterocycles. The van der Waals surface area contributed by atoms with Crippen molar-refractivity contribution in [1.82, 2.24) is 4.90 Å². The summed E-state index contributed by atoms with van der Waals surface area (Å²) in [6.07, 6.45) is 0.291. The van der Waals surface area contributed by atoms with Crippen LogP contribution in [-0.4, -0.2) is 40.6 Å².